The molecular weight excluding hydrogens is 418 g/mol. The van der Waals surface area contributed by atoms with Gasteiger partial charge in [0, 0.05) is 14.1 Å². The second-order valence-corrected chi connectivity index (χ2v) is 8.57. The molecule has 0 saturated heterocycles. The molecule has 2 aromatic rings. The van der Waals surface area contributed by atoms with Gasteiger partial charge in [-0.2, -0.15) is 12.7 Å². The third kappa shape index (κ3) is 5.69. The van der Waals surface area contributed by atoms with Gasteiger partial charge >= 0.3 is 16.2 Å². The van der Waals surface area contributed by atoms with Crippen molar-refractivity contribution in [2.24, 2.45) is 0 Å². The topological polar surface area (TPSA) is 96.0 Å². The fourth-order valence-corrected chi connectivity index (χ4v) is 3.67. The first kappa shape index (κ1) is 22.7. The number of rotatable bonds is 8. The number of esters is 1. The van der Waals surface area contributed by atoms with Gasteiger partial charge in [0.25, 0.3) is 0 Å². The van der Waals surface area contributed by atoms with Crippen LogP contribution in [0.2, 0.25) is 5.02 Å². The lowest BCUT2D eigenvalue weighted by Crippen LogP contribution is -2.44. The highest BCUT2D eigenvalue weighted by Crippen LogP contribution is 2.24. The van der Waals surface area contributed by atoms with Crippen molar-refractivity contribution in [3.05, 3.63) is 59.1 Å². The van der Waals surface area contributed by atoms with Crippen molar-refractivity contribution in [1.29, 1.82) is 0 Å². The van der Waals surface area contributed by atoms with E-state index in [4.69, 9.17) is 16.3 Å². The molecule has 2 rings (SSSR count). The molecule has 0 bridgehead atoms. The molecule has 8 nitrogen and oxygen atoms in total. The number of nitrogens with one attached hydrogen (secondary N) is 1. The third-order valence-corrected chi connectivity index (χ3v) is 5.96. The predicted molar refractivity (Wildman–Crippen MR) is 112 cm³/mol. The molecule has 0 atom stereocenters. The molecule has 2 aromatic carbocycles. The summed E-state index contributed by atoms with van der Waals surface area (Å²) in [7, 11) is -1.14. The summed E-state index contributed by atoms with van der Waals surface area (Å²) in [5, 5.41) is 2.70. The fourth-order valence-electron chi connectivity index (χ4n) is 2.38. The fraction of sp³-hybridized carbons (Fsp3) is 0.263. The van der Waals surface area contributed by atoms with Crippen LogP contribution in [0, 0.1) is 0 Å². The normalized spacial score (nSPS) is 11.2. The summed E-state index contributed by atoms with van der Waals surface area (Å²) < 4.78 is 32.2. The smallest absolute Gasteiger partial charge is 0.338 e. The van der Waals surface area contributed by atoms with Gasteiger partial charge in [-0.25, -0.2) is 9.10 Å². The Labute approximate surface area is 175 Å². The molecule has 1 amide bonds. The number of hydrogen-bond donors (Lipinski definition) is 1. The van der Waals surface area contributed by atoms with Crippen LogP contribution in [0.3, 0.4) is 0 Å². The van der Waals surface area contributed by atoms with Crippen LogP contribution in [-0.4, -0.2) is 51.8 Å². The lowest BCUT2D eigenvalue weighted by atomic mass is 10.2. The van der Waals surface area contributed by atoms with Crippen molar-refractivity contribution in [2.75, 3.05) is 36.9 Å². The van der Waals surface area contributed by atoms with Gasteiger partial charge in [0.15, 0.2) is 0 Å². The van der Waals surface area contributed by atoms with Crippen LogP contribution in [0.1, 0.15) is 17.3 Å². The summed E-state index contributed by atoms with van der Waals surface area (Å²) in [6, 6.07) is 12.6. The molecule has 0 unspecified atom stereocenters. The van der Waals surface area contributed by atoms with Crippen molar-refractivity contribution in [3.63, 3.8) is 0 Å². The van der Waals surface area contributed by atoms with Gasteiger partial charge in [-0.1, -0.05) is 29.8 Å². The quantitative estimate of drug-likeness (QED) is 0.638. The second-order valence-electron chi connectivity index (χ2n) is 6.10. The molecular formula is C19H22ClN3O5S. The largest absolute Gasteiger partial charge is 0.462 e. The Balaban J connectivity index is 2.22. The molecule has 10 heteroatoms. The number of carbonyl (C=O) groups is 2. The summed E-state index contributed by atoms with van der Waals surface area (Å²) in [6.45, 7) is 1.46. The first-order chi connectivity index (χ1) is 13.7. The minimum Gasteiger partial charge on any atom is -0.462 e. The van der Waals surface area contributed by atoms with Crippen LogP contribution in [-0.2, 0) is 19.7 Å². The molecule has 156 valence electrons. The zero-order valence-corrected chi connectivity index (χ0v) is 17.8. The Bertz CT molecular complexity index is 981. The van der Waals surface area contributed by atoms with Crippen molar-refractivity contribution in [1.82, 2.24) is 4.31 Å². The summed E-state index contributed by atoms with van der Waals surface area (Å²) in [5.41, 5.74) is 0.844. The number of anilines is 2. The van der Waals surface area contributed by atoms with E-state index in [0.717, 1.165) is 8.61 Å². The highest BCUT2D eigenvalue weighted by atomic mass is 35.5. The molecule has 0 spiro atoms. The summed E-state index contributed by atoms with van der Waals surface area (Å²) in [6.07, 6.45) is 0. The number of amides is 1. The number of ether oxygens (including phenoxy) is 1. The van der Waals surface area contributed by atoms with Crippen LogP contribution in [0.5, 0.6) is 0 Å². The zero-order chi connectivity index (χ0) is 21.6. The molecule has 29 heavy (non-hydrogen) atoms. The molecule has 0 aromatic heterocycles. The van der Waals surface area contributed by atoms with Gasteiger partial charge < -0.3 is 10.1 Å². The Morgan fingerprint density at radius 2 is 1.76 bits per heavy atom. The van der Waals surface area contributed by atoms with E-state index in [2.05, 4.69) is 5.32 Å². The zero-order valence-electron chi connectivity index (χ0n) is 16.3. The van der Waals surface area contributed by atoms with Crippen LogP contribution in [0.4, 0.5) is 11.4 Å². The van der Waals surface area contributed by atoms with Crippen LogP contribution in [0.15, 0.2) is 48.5 Å². The summed E-state index contributed by atoms with van der Waals surface area (Å²) in [5.74, 6) is -1.12. The van der Waals surface area contributed by atoms with Gasteiger partial charge in [-0.15, -0.1) is 0 Å². The van der Waals surface area contributed by atoms with Gasteiger partial charge in [-0.3, -0.25) is 4.79 Å². The van der Waals surface area contributed by atoms with Crippen molar-refractivity contribution in [2.45, 2.75) is 6.92 Å². The van der Waals surface area contributed by atoms with E-state index >= 15 is 0 Å². The summed E-state index contributed by atoms with van der Waals surface area (Å²) in [4.78, 5) is 24.3. The Hall–Kier alpha value is -2.62. The lowest BCUT2D eigenvalue weighted by Gasteiger charge is -2.27. The Morgan fingerprint density at radius 3 is 2.31 bits per heavy atom. The minimum absolute atomic E-state index is 0.130. The second kappa shape index (κ2) is 9.73. The van der Waals surface area contributed by atoms with E-state index in [1.165, 1.54) is 32.3 Å². The summed E-state index contributed by atoms with van der Waals surface area (Å²) >= 11 is 6.15. The molecule has 0 aliphatic heterocycles. The maximum Gasteiger partial charge on any atom is 0.338 e. The number of hydrogen-bond acceptors (Lipinski definition) is 5. The van der Waals surface area contributed by atoms with E-state index in [1.54, 1.807) is 37.3 Å². The molecule has 0 aliphatic rings. The highest BCUT2D eigenvalue weighted by Gasteiger charge is 2.27. The maximum atomic E-state index is 12.7. The van der Waals surface area contributed by atoms with Crippen molar-refractivity contribution in [3.8, 4) is 0 Å². The van der Waals surface area contributed by atoms with E-state index in [9.17, 15) is 18.0 Å². The average Bonchev–Trinajstić information content (AvgIpc) is 2.68. The van der Waals surface area contributed by atoms with Gasteiger partial charge in [0.1, 0.15) is 6.54 Å². The van der Waals surface area contributed by atoms with E-state index in [1.807, 2.05) is 0 Å². The van der Waals surface area contributed by atoms with Gasteiger partial charge in [0.2, 0.25) is 5.91 Å². The number of carbonyl (C=O) groups excluding carboxylic acids is 2. The lowest BCUT2D eigenvalue weighted by molar-refractivity contribution is -0.114. The number of para-hydroxylation sites is 1. The van der Waals surface area contributed by atoms with Crippen molar-refractivity contribution >= 4 is 45.1 Å². The molecule has 0 heterocycles. The van der Waals surface area contributed by atoms with E-state index in [0.29, 0.717) is 5.69 Å². The minimum atomic E-state index is -3.90. The maximum absolute atomic E-state index is 12.7. The molecule has 0 saturated carbocycles. The van der Waals surface area contributed by atoms with Crippen LogP contribution in [0.25, 0.3) is 0 Å². The third-order valence-electron chi connectivity index (χ3n) is 3.83. The first-order valence-corrected chi connectivity index (χ1v) is 10.5. The Morgan fingerprint density at radius 1 is 1.10 bits per heavy atom. The van der Waals surface area contributed by atoms with Crippen LogP contribution >= 0.6 is 11.6 Å². The molecule has 0 radical (unpaired) electrons. The monoisotopic (exact) mass is 439 g/mol. The van der Waals surface area contributed by atoms with Crippen molar-refractivity contribution < 1.29 is 22.7 Å². The SMILES string of the molecule is CCOC(=O)c1ccc(NC(=O)CN(c2ccccc2)S(=O)(=O)N(C)C)c(Cl)c1. The highest BCUT2D eigenvalue weighted by molar-refractivity contribution is 7.90. The standard InChI is InChI=1S/C19H22ClN3O5S/c1-4-28-19(25)14-10-11-17(16(20)12-14)21-18(24)13-23(29(26,27)22(2)3)15-8-6-5-7-9-15/h5-12H,4,13H2,1-3H3,(H,21,24). The molecule has 0 aliphatic carbocycles. The average molecular weight is 440 g/mol. The van der Waals surface area contributed by atoms with E-state index < -0.39 is 28.6 Å². The molecule has 0 fully saturated rings. The Kier molecular flexibility index (Phi) is 7.60. The van der Waals surface area contributed by atoms with Gasteiger partial charge in [0.05, 0.1) is 28.6 Å². The molecule has 1 N–H and O–H groups in total. The van der Waals surface area contributed by atoms with E-state index in [-0.39, 0.29) is 22.9 Å². The first-order valence-electron chi connectivity index (χ1n) is 8.68. The van der Waals surface area contributed by atoms with Crippen LogP contribution < -0.4 is 9.62 Å². The number of benzene rings is 2. The number of nitrogens with zero attached hydrogens (tertiary/aromatic N) is 2. The predicted octanol–water partition coefficient (Wildman–Crippen LogP) is 2.77. The number of halogens is 1. The van der Waals surface area contributed by atoms with Gasteiger partial charge in [-0.05, 0) is 37.3 Å².